The van der Waals surface area contributed by atoms with E-state index in [1.165, 1.54) is 0 Å². The Morgan fingerprint density at radius 1 is 0.952 bits per heavy atom. The fourth-order valence-corrected chi connectivity index (χ4v) is 2.83. The van der Waals surface area contributed by atoms with Gasteiger partial charge < -0.3 is 15.1 Å². The van der Waals surface area contributed by atoms with Gasteiger partial charge in [-0.05, 0) is 44.9 Å². The second kappa shape index (κ2) is 9.64. The minimum atomic E-state index is -4.05. The molecular formula is C15H30F3N3. The van der Waals surface area contributed by atoms with Crippen molar-refractivity contribution in [3.63, 3.8) is 0 Å². The highest BCUT2D eigenvalue weighted by atomic mass is 19.4. The summed E-state index contributed by atoms with van der Waals surface area (Å²) in [7, 11) is 0. The molecule has 1 saturated heterocycles. The minimum Gasteiger partial charge on any atom is -0.317 e. The summed E-state index contributed by atoms with van der Waals surface area (Å²) in [5.74, 6) is 0.538. The Balaban J connectivity index is 2.43. The summed E-state index contributed by atoms with van der Waals surface area (Å²) in [6.45, 7) is 10.6. The van der Waals surface area contributed by atoms with E-state index >= 15 is 0 Å². The lowest BCUT2D eigenvalue weighted by Gasteiger charge is -2.31. The van der Waals surface area contributed by atoms with Crippen molar-refractivity contribution in [1.29, 1.82) is 0 Å². The Labute approximate surface area is 126 Å². The first-order valence-corrected chi connectivity index (χ1v) is 8.16. The molecule has 0 atom stereocenters. The zero-order valence-corrected chi connectivity index (χ0v) is 13.4. The summed E-state index contributed by atoms with van der Waals surface area (Å²) in [6.07, 6.45) is -2.60. The van der Waals surface area contributed by atoms with Gasteiger partial charge in [0.15, 0.2) is 0 Å². The SMILES string of the molecule is CCN(CC)CCN(CCC(F)(F)F)CC1CCNCC1. The van der Waals surface area contributed by atoms with Crippen molar-refractivity contribution in [3.05, 3.63) is 0 Å². The monoisotopic (exact) mass is 309 g/mol. The molecule has 3 nitrogen and oxygen atoms in total. The predicted octanol–water partition coefficient (Wildman–Crippen LogP) is 2.58. The Morgan fingerprint density at radius 3 is 2.05 bits per heavy atom. The summed E-state index contributed by atoms with van der Waals surface area (Å²) >= 11 is 0. The van der Waals surface area contributed by atoms with Crippen LogP contribution in [0.5, 0.6) is 0 Å². The Kier molecular flexibility index (Phi) is 8.59. The van der Waals surface area contributed by atoms with E-state index in [-0.39, 0.29) is 6.54 Å². The third-order valence-electron chi connectivity index (χ3n) is 4.31. The summed E-state index contributed by atoms with van der Waals surface area (Å²) in [5.41, 5.74) is 0. The molecule has 1 heterocycles. The maximum Gasteiger partial charge on any atom is 0.390 e. The lowest BCUT2D eigenvalue weighted by Crippen LogP contribution is -2.41. The molecule has 0 amide bonds. The van der Waals surface area contributed by atoms with Gasteiger partial charge in [-0.15, -0.1) is 0 Å². The van der Waals surface area contributed by atoms with Gasteiger partial charge in [-0.25, -0.2) is 0 Å². The molecule has 0 spiro atoms. The van der Waals surface area contributed by atoms with E-state index in [1.54, 1.807) is 0 Å². The van der Waals surface area contributed by atoms with Gasteiger partial charge in [-0.3, -0.25) is 0 Å². The standard InChI is InChI=1S/C15H30F3N3/c1-3-20(4-2)11-12-21(10-7-15(16,17)18)13-14-5-8-19-9-6-14/h14,19H,3-13H2,1-2H3. The van der Waals surface area contributed by atoms with Gasteiger partial charge >= 0.3 is 6.18 Å². The van der Waals surface area contributed by atoms with E-state index in [0.717, 1.165) is 58.7 Å². The number of rotatable bonds is 9. The first-order valence-electron chi connectivity index (χ1n) is 8.16. The molecule has 1 aliphatic heterocycles. The van der Waals surface area contributed by atoms with Crippen LogP contribution < -0.4 is 5.32 Å². The van der Waals surface area contributed by atoms with Crippen molar-refractivity contribution < 1.29 is 13.2 Å². The average Bonchev–Trinajstić information content (AvgIpc) is 2.45. The van der Waals surface area contributed by atoms with Crippen molar-refractivity contribution in [1.82, 2.24) is 15.1 Å². The van der Waals surface area contributed by atoms with Crippen LogP contribution in [0, 0.1) is 5.92 Å². The first kappa shape index (κ1) is 18.7. The van der Waals surface area contributed by atoms with E-state index in [4.69, 9.17) is 0 Å². The summed E-state index contributed by atoms with van der Waals surface area (Å²) in [5, 5.41) is 3.31. The van der Waals surface area contributed by atoms with Crippen LogP contribution in [0.1, 0.15) is 33.1 Å². The van der Waals surface area contributed by atoms with Gasteiger partial charge in [-0.1, -0.05) is 13.8 Å². The number of piperidine rings is 1. The largest absolute Gasteiger partial charge is 0.390 e. The molecule has 0 aliphatic carbocycles. The van der Waals surface area contributed by atoms with Gasteiger partial charge in [0.2, 0.25) is 0 Å². The molecule has 1 N–H and O–H groups in total. The molecule has 6 heteroatoms. The molecule has 1 rings (SSSR count). The molecule has 126 valence electrons. The average molecular weight is 309 g/mol. The van der Waals surface area contributed by atoms with E-state index in [1.807, 2.05) is 4.90 Å². The minimum absolute atomic E-state index is 0.134. The van der Waals surface area contributed by atoms with Crippen LogP contribution >= 0.6 is 0 Å². The second-order valence-corrected chi connectivity index (χ2v) is 5.89. The third-order valence-corrected chi connectivity index (χ3v) is 4.31. The fraction of sp³-hybridized carbons (Fsp3) is 1.00. The number of nitrogens with zero attached hydrogens (tertiary/aromatic N) is 2. The van der Waals surface area contributed by atoms with Gasteiger partial charge in [0.05, 0.1) is 6.42 Å². The van der Waals surface area contributed by atoms with E-state index in [0.29, 0.717) is 5.92 Å². The topological polar surface area (TPSA) is 18.5 Å². The van der Waals surface area contributed by atoms with Crippen LogP contribution in [0.4, 0.5) is 13.2 Å². The zero-order valence-electron chi connectivity index (χ0n) is 13.4. The molecule has 0 aromatic rings. The van der Waals surface area contributed by atoms with Crippen LogP contribution in [0.3, 0.4) is 0 Å². The first-order chi connectivity index (χ1) is 9.94. The molecule has 0 aromatic heterocycles. The van der Waals surface area contributed by atoms with Crippen molar-refractivity contribution in [2.24, 2.45) is 5.92 Å². The molecule has 0 bridgehead atoms. The summed E-state index contributed by atoms with van der Waals surface area (Å²) < 4.78 is 37.4. The fourth-order valence-electron chi connectivity index (χ4n) is 2.83. The van der Waals surface area contributed by atoms with Gasteiger partial charge in [-0.2, -0.15) is 13.2 Å². The second-order valence-electron chi connectivity index (χ2n) is 5.89. The number of nitrogens with one attached hydrogen (secondary N) is 1. The maximum absolute atomic E-state index is 12.5. The van der Waals surface area contributed by atoms with Crippen LogP contribution in [-0.2, 0) is 0 Å². The summed E-state index contributed by atoms with van der Waals surface area (Å²) in [6, 6.07) is 0. The molecule has 0 radical (unpaired) electrons. The highest BCUT2D eigenvalue weighted by Gasteiger charge is 2.28. The maximum atomic E-state index is 12.5. The Hall–Kier alpha value is -0.330. The lowest BCUT2D eigenvalue weighted by molar-refractivity contribution is -0.138. The van der Waals surface area contributed by atoms with Crippen LogP contribution in [-0.4, -0.2) is 68.3 Å². The lowest BCUT2D eigenvalue weighted by atomic mass is 9.97. The number of hydrogen-bond acceptors (Lipinski definition) is 3. The molecule has 0 aromatic carbocycles. The molecule has 1 aliphatic rings. The van der Waals surface area contributed by atoms with E-state index < -0.39 is 12.6 Å². The Morgan fingerprint density at radius 2 is 1.52 bits per heavy atom. The highest BCUT2D eigenvalue weighted by Crippen LogP contribution is 2.21. The van der Waals surface area contributed by atoms with Crippen molar-refractivity contribution in [2.75, 3.05) is 52.4 Å². The molecule has 0 saturated carbocycles. The van der Waals surface area contributed by atoms with E-state index in [2.05, 4.69) is 24.1 Å². The summed E-state index contributed by atoms with van der Waals surface area (Å²) in [4.78, 5) is 4.28. The van der Waals surface area contributed by atoms with Crippen molar-refractivity contribution >= 4 is 0 Å². The van der Waals surface area contributed by atoms with Gasteiger partial charge in [0, 0.05) is 26.2 Å². The van der Waals surface area contributed by atoms with Crippen LogP contribution in [0.25, 0.3) is 0 Å². The third kappa shape index (κ3) is 8.63. The van der Waals surface area contributed by atoms with Crippen LogP contribution in [0.15, 0.2) is 0 Å². The highest BCUT2D eigenvalue weighted by molar-refractivity contribution is 4.74. The van der Waals surface area contributed by atoms with Crippen molar-refractivity contribution in [2.45, 2.75) is 39.3 Å². The molecule has 21 heavy (non-hydrogen) atoms. The normalized spacial score (nSPS) is 17.9. The molecule has 0 unspecified atom stereocenters. The number of likely N-dealkylation sites (N-methyl/N-ethyl adjacent to an activating group) is 1. The zero-order chi connectivity index (χ0) is 15.7. The smallest absolute Gasteiger partial charge is 0.317 e. The predicted molar refractivity (Wildman–Crippen MR) is 80.5 cm³/mol. The van der Waals surface area contributed by atoms with E-state index in [9.17, 15) is 13.2 Å². The van der Waals surface area contributed by atoms with Crippen LogP contribution in [0.2, 0.25) is 0 Å². The van der Waals surface area contributed by atoms with Gasteiger partial charge in [0.25, 0.3) is 0 Å². The number of alkyl halides is 3. The number of halogens is 3. The molecule has 1 fully saturated rings. The molecular weight excluding hydrogens is 279 g/mol. The Bertz CT molecular complexity index is 261. The quantitative estimate of drug-likeness (QED) is 0.706. The van der Waals surface area contributed by atoms with Crippen molar-refractivity contribution in [3.8, 4) is 0 Å². The number of hydrogen-bond donors (Lipinski definition) is 1. The van der Waals surface area contributed by atoms with Gasteiger partial charge in [0.1, 0.15) is 0 Å².